The molecule has 0 aliphatic carbocycles. The van der Waals surface area contributed by atoms with E-state index in [4.69, 9.17) is 0 Å². The number of rotatable bonds is 9. The number of benzene rings is 1. The number of carbonyl (C=O) groups excluding carboxylic acids is 1. The molecule has 1 unspecified atom stereocenters. The van der Waals surface area contributed by atoms with Gasteiger partial charge < -0.3 is 20.1 Å². The highest BCUT2D eigenvalue weighted by Gasteiger charge is 2.30. The molecule has 0 saturated carbocycles. The molecule has 2 N–H and O–H groups in total. The summed E-state index contributed by atoms with van der Waals surface area (Å²) in [5.41, 5.74) is 2.85. The summed E-state index contributed by atoms with van der Waals surface area (Å²) in [4.78, 5) is 23.1. The van der Waals surface area contributed by atoms with E-state index >= 15 is 0 Å². The van der Waals surface area contributed by atoms with Crippen LogP contribution in [0.3, 0.4) is 0 Å². The van der Waals surface area contributed by atoms with Crippen LogP contribution in [-0.2, 0) is 24.3 Å². The molecule has 240 valence electrons. The van der Waals surface area contributed by atoms with Crippen molar-refractivity contribution in [2.75, 3.05) is 19.6 Å². The first-order valence-corrected chi connectivity index (χ1v) is 15.5. The number of likely N-dealkylation sites (tertiary alicyclic amines) is 1. The third-order valence-electron chi connectivity index (χ3n) is 8.50. The molecular weight excluding hydrogens is 591 g/mol. The number of amides is 1. The number of nitriles is 1. The molecular formula is C35H38F3N7O. The Morgan fingerprint density at radius 3 is 2.61 bits per heavy atom. The Morgan fingerprint density at radius 2 is 1.93 bits per heavy atom. The van der Waals surface area contributed by atoms with Crippen molar-refractivity contribution in [2.45, 2.75) is 70.9 Å². The number of hydrogen-bond donors (Lipinski definition) is 2. The quantitative estimate of drug-likeness (QED) is 0.320. The maximum atomic E-state index is 13.5. The first-order valence-electron chi connectivity index (χ1n) is 15.5. The van der Waals surface area contributed by atoms with Crippen LogP contribution in [0.15, 0.2) is 65.6 Å². The van der Waals surface area contributed by atoms with Crippen LogP contribution in [-0.4, -0.2) is 64.5 Å². The molecule has 0 spiro atoms. The van der Waals surface area contributed by atoms with E-state index in [0.717, 1.165) is 29.7 Å². The number of piperidine rings is 1. The van der Waals surface area contributed by atoms with Gasteiger partial charge in [0.05, 0.1) is 36.2 Å². The van der Waals surface area contributed by atoms with E-state index in [0.29, 0.717) is 49.1 Å². The van der Waals surface area contributed by atoms with Gasteiger partial charge in [0.25, 0.3) is 0 Å². The predicted molar refractivity (Wildman–Crippen MR) is 172 cm³/mol. The average molecular weight is 630 g/mol. The fourth-order valence-corrected chi connectivity index (χ4v) is 5.74. The molecule has 1 fully saturated rings. The molecule has 0 bridgehead atoms. The van der Waals surface area contributed by atoms with Crippen molar-refractivity contribution in [2.24, 2.45) is 10.4 Å². The zero-order valence-electron chi connectivity index (χ0n) is 26.1. The Balaban J connectivity index is 1.18. The van der Waals surface area contributed by atoms with Crippen molar-refractivity contribution in [1.82, 2.24) is 25.1 Å². The van der Waals surface area contributed by atoms with Crippen LogP contribution in [0.2, 0.25) is 0 Å². The molecule has 2 aromatic heterocycles. The van der Waals surface area contributed by atoms with Crippen molar-refractivity contribution >= 4 is 23.0 Å². The van der Waals surface area contributed by atoms with E-state index < -0.39 is 18.1 Å². The van der Waals surface area contributed by atoms with Crippen LogP contribution in [0.25, 0.3) is 10.9 Å². The molecule has 1 amide bonds. The highest BCUT2D eigenvalue weighted by Crippen LogP contribution is 2.28. The molecule has 4 heterocycles. The molecule has 1 saturated heterocycles. The highest BCUT2D eigenvalue weighted by atomic mass is 19.4. The molecule has 1 atom stereocenters. The number of nitrogens with one attached hydrogen (secondary N) is 2. The number of fused-ring (bicyclic) bond motifs is 1. The molecule has 1 aromatic carbocycles. The topological polar surface area (TPSA) is 98.3 Å². The summed E-state index contributed by atoms with van der Waals surface area (Å²) < 4.78 is 41.8. The molecule has 2 aliphatic heterocycles. The van der Waals surface area contributed by atoms with Crippen LogP contribution < -0.4 is 10.6 Å². The number of aromatic nitrogens is 2. The van der Waals surface area contributed by atoms with E-state index in [9.17, 15) is 23.2 Å². The van der Waals surface area contributed by atoms with Gasteiger partial charge in [-0.1, -0.05) is 24.1 Å². The monoisotopic (exact) mass is 629 g/mol. The van der Waals surface area contributed by atoms with Crippen molar-refractivity contribution < 1.29 is 18.0 Å². The van der Waals surface area contributed by atoms with Gasteiger partial charge in [-0.2, -0.15) is 18.4 Å². The van der Waals surface area contributed by atoms with Gasteiger partial charge >= 0.3 is 6.18 Å². The van der Waals surface area contributed by atoms with Gasteiger partial charge in [0.15, 0.2) is 0 Å². The molecule has 11 heteroatoms. The summed E-state index contributed by atoms with van der Waals surface area (Å²) in [5.74, 6) is 5.97. The first-order chi connectivity index (χ1) is 22.0. The van der Waals surface area contributed by atoms with Gasteiger partial charge in [-0.25, -0.2) is 0 Å². The molecule has 0 radical (unpaired) electrons. The van der Waals surface area contributed by atoms with E-state index in [1.807, 2.05) is 49.1 Å². The van der Waals surface area contributed by atoms with Gasteiger partial charge in [-0.05, 0) is 74.4 Å². The van der Waals surface area contributed by atoms with Gasteiger partial charge in [-0.3, -0.25) is 14.8 Å². The Kier molecular flexibility index (Phi) is 10.1. The predicted octanol–water partition coefficient (Wildman–Crippen LogP) is 5.14. The van der Waals surface area contributed by atoms with E-state index in [2.05, 4.69) is 38.5 Å². The van der Waals surface area contributed by atoms with Gasteiger partial charge in [0, 0.05) is 60.9 Å². The number of hydrogen-bond acceptors (Lipinski definition) is 6. The number of halogens is 3. The Hall–Kier alpha value is -4.61. The molecule has 5 rings (SSSR count). The molecule has 2 aliphatic rings. The lowest BCUT2D eigenvalue weighted by atomic mass is 9.83. The smallest absolute Gasteiger partial charge is 0.373 e. The summed E-state index contributed by atoms with van der Waals surface area (Å²) in [6.07, 6.45) is 5.28. The minimum Gasteiger partial charge on any atom is -0.373 e. The minimum atomic E-state index is -4.40. The minimum absolute atomic E-state index is 0.101. The summed E-state index contributed by atoms with van der Waals surface area (Å²) in [7, 11) is 0. The number of alkyl halides is 3. The number of pyridine rings is 1. The SMILES string of the molecule is CC(C)(C#N)C1CC=C(NCC#Cc2cc3cc(CNC4CCN(C(=O)Cc5cccnc5)CC4)ccc3n2CC(F)(F)F)C=N1. The fraction of sp³-hybridized carbons (Fsp3) is 0.429. The molecule has 8 nitrogen and oxygen atoms in total. The number of carbonyl (C=O) groups is 1. The van der Waals surface area contributed by atoms with Gasteiger partial charge in [0.2, 0.25) is 5.91 Å². The zero-order valence-corrected chi connectivity index (χ0v) is 26.1. The number of allylic oxidation sites excluding steroid dienone is 1. The standard InChI is InChI=1S/C35H38F3N7O/c1-34(2,23-39)32-10-8-29(22-43-32)41-14-4-6-30-19-27-17-26(7-9-31(27)45(30)24-35(36,37)38)21-42-28-11-15-44(16-12-28)33(46)18-25-5-3-13-40-20-25/h3,5,7-9,13,17,19-20,22,28,32,41-42H,10-12,14-16,18,21,24H2,1-2H3. The Labute approximate surface area is 267 Å². The lowest BCUT2D eigenvalue weighted by molar-refractivity contribution is -0.140. The highest BCUT2D eigenvalue weighted by molar-refractivity contribution is 5.83. The summed E-state index contributed by atoms with van der Waals surface area (Å²) in [5, 5.41) is 16.7. The third-order valence-corrected chi connectivity index (χ3v) is 8.50. The zero-order chi connectivity index (χ0) is 32.7. The first kappa shape index (κ1) is 32.8. The third kappa shape index (κ3) is 8.55. The van der Waals surface area contributed by atoms with Crippen LogP contribution in [0.5, 0.6) is 0 Å². The number of dihydropyridines is 1. The van der Waals surface area contributed by atoms with Crippen LogP contribution in [0, 0.1) is 28.6 Å². The van der Waals surface area contributed by atoms with Gasteiger partial charge in [0.1, 0.15) is 6.54 Å². The Morgan fingerprint density at radius 1 is 1.13 bits per heavy atom. The second kappa shape index (κ2) is 14.2. The molecule has 46 heavy (non-hydrogen) atoms. The maximum Gasteiger partial charge on any atom is 0.406 e. The summed E-state index contributed by atoms with van der Waals surface area (Å²) in [6.45, 7) is 4.75. The van der Waals surface area contributed by atoms with Crippen molar-refractivity contribution in [3.63, 3.8) is 0 Å². The van der Waals surface area contributed by atoms with E-state index in [1.54, 1.807) is 30.7 Å². The van der Waals surface area contributed by atoms with Crippen molar-refractivity contribution in [3.05, 3.63) is 77.4 Å². The summed E-state index contributed by atoms with van der Waals surface area (Å²) in [6, 6.07) is 13.3. The lowest BCUT2D eigenvalue weighted by Gasteiger charge is -2.32. The number of aliphatic imine (C=N–C) groups is 1. The van der Waals surface area contributed by atoms with Crippen LogP contribution in [0.1, 0.15) is 49.9 Å². The van der Waals surface area contributed by atoms with Crippen molar-refractivity contribution in [3.8, 4) is 17.9 Å². The lowest BCUT2D eigenvalue weighted by Crippen LogP contribution is -2.45. The van der Waals surface area contributed by atoms with Crippen LogP contribution in [0.4, 0.5) is 13.2 Å². The summed E-state index contributed by atoms with van der Waals surface area (Å²) >= 11 is 0. The van der Waals surface area contributed by atoms with E-state index in [-0.39, 0.29) is 24.5 Å². The second-order valence-electron chi connectivity index (χ2n) is 12.4. The van der Waals surface area contributed by atoms with Crippen LogP contribution >= 0.6 is 0 Å². The van der Waals surface area contributed by atoms with Gasteiger partial charge in [-0.15, -0.1) is 0 Å². The normalized spacial score (nSPS) is 17.3. The van der Waals surface area contributed by atoms with Crippen molar-refractivity contribution in [1.29, 1.82) is 5.26 Å². The Bertz CT molecular complexity index is 1700. The van der Waals surface area contributed by atoms with E-state index in [1.165, 1.54) is 4.57 Å². The largest absolute Gasteiger partial charge is 0.406 e. The second-order valence-corrected chi connectivity index (χ2v) is 12.4. The number of nitrogens with zero attached hydrogens (tertiary/aromatic N) is 5. The average Bonchev–Trinajstić information content (AvgIpc) is 3.37. The molecule has 3 aromatic rings. The fourth-order valence-electron chi connectivity index (χ4n) is 5.74. The maximum absolute atomic E-state index is 13.5.